The van der Waals surface area contributed by atoms with Crippen molar-refractivity contribution < 1.29 is 9.47 Å². The second-order valence-electron chi connectivity index (χ2n) is 14.3. The normalized spacial score (nSPS) is 15.5. The Labute approximate surface area is 314 Å². The summed E-state index contributed by atoms with van der Waals surface area (Å²) in [6.45, 7) is 13.6. The molecule has 0 aliphatic heterocycles. The third-order valence-corrected chi connectivity index (χ3v) is 15.6. The van der Waals surface area contributed by atoms with Gasteiger partial charge in [0.15, 0.2) is 0 Å². The molecule has 0 fully saturated rings. The van der Waals surface area contributed by atoms with Gasteiger partial charge in [-0.1, -0.05) is 104 Å². The first-order valence-electron chi connectivity index (χ1n) is 18.2. The Bertz CT molecular complexity index is 1940. The summed E-state index contributed by atoms with van der Waals surface area (Å²) in [5.74, 6) is 2.37. The van der Waals surface area contributed by atoms with Crippen LogP contribution in [0.4, 0.5) is 0 Å². The van der Waals surface area contributed by atoms with Gasteiger partial charge in [0, 0.05) is 17.9 Å². The van der Waals surface area contributed by atoms with Crippen LogP contribution in [0.25, 0.3) is 0 Å². The van der Waals surface area contributed by atoms with E-state index < -0.39 is 15.8 Å². The molecule has 0 saturated heterocycles. The minimum Gasteiger partial charge on any atom is -0.496 e. The molecular formula is C47H53NO2P2. The lowest BCUT2D eigenvalue weighted by atomic mass is 9.83. The lowest BCUT2D eigenvalue weighted by Gasteiger charge is -2.34. The zero-order chi connectivity index (χ0) is 37.1. The van der Waals surface area contributed by atoms with Crippen molar-refractivity contribution in [3.05, 3.63) is 160 Å². The average molecular weight is 726 g/mol. The van der Waals surface area contributed by atoms with E-state index in [0.717, 1.165) is 11.5 Å². The summed E-state index contributed by atoms with van der Waals surface area (Å²) in [6, 6.07) is 41.3. The molecular weight excluding hydrogens is 672 g/mol. The zero-order valence-electron chi connectivity index (χ0n) is 32.4. The van der Waals surface area contributed by atoms with Gasteiger partial charge in [-0.15, -0.1) is 0 Å². The minimum absolute atomic E-state index is 0.178. The summed E-state index contributed by atoms with van der Waals surface area (Å²) >= 11 is 0. The fourth-order valence-corrected chi connectivity index (χ4v) is 13.6. The number of rotatable bonds is 12. The molecule has 0 N–H and O–H groups in total. The maximum Gasteiger partial charge on any atom is 0.124 e. The van der Waals surface area contributed by atoms with Crippen molar-refractivity contribution in [2.45, 2.75) is 53.5 Å². The van der Waals surface area contributed by atoms with Crippen LogP contribution in [0.5, 0.6) is 11.5 Å². The standard InChI is InChI=1S/C47H53NO2P2/c1-31-27-39(28-32(2)46(31)49-9)52(40-29-33(3)47(50-10)34(4)30-40)44-26-25-42(36(6)48(7)8)45(44)35(5)41-23-17-18-24-43(41)51(37-19-13-11-14-20-37)38-21-15-12-16-22-38/h11-30,35-36,42H,1-10H3/t35?,36-,42?/m1/s1. The molecule has 268 valence electrons. The van der Waals surface area contributed by atoms with Gasteiger partial charge < -0.3 is 14.4 Å². The summed E-state index contributed by atoms with van der Waals surface area (Å²) in [4.78, 5) is 2.38. The van der Waals surface area contributed by atoms with Gasteiger partial charge in [0.05, 0.1) is 14.2 Å². The van der Waals surface area contributed by atoms with Crippen LogP contribution >= 0.6 is 15.8 Å². The second-order valence-corrected chi connectivity index (χ2v) is 18.6. The van der Waals surface area contributed by atoms with Crippen molar-refractivity contribution in [3.8, 4) is 11.5 Å². The molecule has 5 aromatic carbocycles. The first kappa shape index (κ1) is 37.7. The summed E-state index contributed by atoms with van der Waals surface area (Å²) < 4.78 is 11.7. The largest absolute Gasteiger partial charge is 0.496 e. The van der Waals surface area contributed by atoms with Gasteiger partial charge in [-0.05, 0) is 154 Å². The minimum atomic E-state index is -0.929. The van der Waals surface area contributed by atoms with Gasteiger partial charge in [0.25, 0.3) is 0 Å². The number of methoxy groups -OCH3 is 2. The zero-order valence-corrected chi connectivity index (χ0v) is 34.2. The number of nitrogens with zero attached hydrogens (tertiary/aromatic N) is 1. The molecule has 2 unspecified atom stereocenters. The molecule has 5 heteroatoms. The maximum atomic E-state index is 5.87. The van der Waals surface area contributed by atoms with Crippen molar-refractivity contribution in [2.24, 2.45) is 5.92 Å². The van der Waals surface area contributed by atoms with E-state index in [4.69, 9.17) is 9.47 Å². The number of allylic oxidation sites excluding steroid dienone is 2. The van der Waals surface area contributed by atoms with Crippen LogP contribution in [-0.2, 0) is 0 Å². The van der Waals surface area contributed by atoms with E-state index in [2.05, 4.69) is 182 Å². The van der Waals surface area contributed by atoms with E-state index in [1.807, 2.05) is 0 Å². The number of benzene rings is 5. The molecule has 0 aromatic heterocycles. The fourth-order valence-electron chi connectivity index (χ4n) is 8.01. The van der Waals surface area contributed by atoms with Crippen molar-refractivity contribution in [1.82, 2.24) is 4.90 Å². The van der Waals surface area contributed by atoms with Crippen LogP contribution in [-0.4, -0.2) is 39.3 Å². The number of aryl methyl sites for hydroxylation is 4. The van der Waals surface area contributed by atoms with Crippen molar-refractivity contribution in [1.29, 1.82) is 0 Å². The highest BCUT2D eigenvalue weighted by molar-refractivity contribution is 7.80. The van der Waals surface area contributed by atoms with Crippen LogP contribution < -0.4 is 36.0 Å². The molecule has 0 saturated carbocycles. The molecule has 52 heavy (non-hydrogen) atoms. The SMILES string of the molecule is COc1c(C)cc(P(C2=C(C(C)c3ccccc3P(c3ccccc3)c3ccccc3)C([C@@H](C)N(C)C)C=C2)c2cc(C)c(OC)c(C)c2)cc1C. The van der Waals surface area contributed by atoms with Gasteiger partial charge in [0.1, 0.15) is 11.5 Å². The topological polar surface area (TPSA) is 21.7 Å². The summed E-state index contributed by atoms with van der Waals surface area (Å²) in [7, 11) is 6.28. The Kier molecular flexibility index (Phi) is 11.9. The molecule has 5 aromatic rings. The van der Waals surface area contributed by atoms with E-state index >= 15 is 0 Å². The molecule has 0 amide bonds. The first-order chi connectivity index (χ1) is 25.0. The summed E-state index contributed by atoms with van der Waals surface area (Å²) in [5, 5.41) is 8.32. The highest BCUT2D eigenvalue weighted by Crippen LogP contribution is 2.55. The third kappa shape index (κ3) is 7.43. The maximum absolute atomic E-state index is 5.87. The third-order valence-electron chi connectivity index (χ3n) is 10.6. The molecule has 1 aliphatic rings. The quantitative estimate of drug-likeness (QED) is 0.120. The molecule has 0 radical (unpaired) electrons. The Morgan fingerprint density at radius 3 is 1.46 bits per heavy atom. The predicted molar refractivity (Wildman–Crippen MR) is 227 cm³/mol. The first-order valence-corrected chi connectivity index (χ1v) is 20.9. The van der Waals surface area contributed by atoms with Gasteiger partial charge in [-0.25, -0.2) is 0 Å². The van der Waals surface area contributed by atoms with Gasteiger partial charge in [-0.2, -0.15) is 0 Å². The molecule has 3 nitrogen and oxygen atoms in total. The average Bonchev–Trinajstić information content (AvgIpc) is 3.56. The van der Waals surface area contributed by atoms with Crippen LogP contribution in [0.3, 0.4) is 0 Å². The number of ether oxygens (including phenoxy) is 2. The molecule has 0 bridgehead atoms. The molecule has 0 spiro atoms. The Morgan fingerprint density at radius 1 is 0.577 bits per heavy atom. The Balaban J connectivity index is 1.63. The smallest absolute Gasteiger partial charge is 0.124 e. The molecule has 0 heterocycles. The fraction of sp³-hybridized carbons (Fsp3) is 0.277. The lowest BCUT2D eigenvalue weighted by Crippen LogP contribution is -2.34. The van der Waals surface area contributed by atoms with Gasteiger partial charge in [0.2, 0.25) is 0 Å². The van der Waals surface area contributed by atoms with Crippen LogP contribution in [0, 0.1) is 33.6 Å². The van der Waals surface area contributed by atoms with Crippen LogP contribution in [0.15, 0.2) is 132 Å². The van der Waals surface area contributed by atoms with Crippen LogP contribution in [0.1, 0.15) is 47.6 Å². The van der Waals surface area contributed by atoms with Crippen molar-refractivity contribution in [3.63, 3.8) is 0 Å². The summed E-state index contributed by atoms with van der Waals surface area (Å²) in [6.07, 6.45) is 4.97. The second kappa shape index (κ2) is 16.3. The predicted octanol–water partition coefficient (Wildman–Crippen LogP) is 9.32. The number of hydrogen-bond donors (Lipinski definition) is 0. The van der Waals surface area contributed by atoms with Crippen molar-refractivity contribution in [2.75, 3.05) is 28.3 Å². The molecule has 6 rings (SSSR count). The van der Waals surface area contributed by atoms with E-state index in [1.54, 1.807) is 14.2 Å². The van der Waals surface area contributed by atoms with E-state index in [0.29, 0.717) is 6.04 Å². The Morgan fingerprint density at radius 2 is 1.02 bits per heavy atom. The number of hydrogen-bond acceptors (Lipinski definition) is 3. The van der Waals surface area contributed by atoms with Crippen molar-refractivity contribution >= 4 is 42.4 Å². The highest BCUT2D eigenvalue weighted by Gasteiger charge is 2.36. The van der Waals surface area contributed by atoms with E-state index in [-0.39, 0.29) is 11.8 Å². The van der Waals surface area contributed by atoms with Gasteiger partial charge >= 0.3 is 0 Å². The molecule has 1 aliphatic carbocycles. The van der Waals surface area contributed by atoms with Crippen LogP contribution in [0.2, 0.25) is 0 Å². The van der Waals surface area contributed by atoms with Gasteiger partial charge in [-0.3, -0.25) is 0 Å². The lowest BCUT2D eigenvalue weighted by molar-refractivity contribution is 0.273. The monoisotopic (exact) mass is 725 g/mol. The van der Waals surface area contributed by atoms with E-state index in [9.17, 15) is 0 Å². The highest BCUT2D eigenvalue weighted by atomic mass is 31.1. The molecule has 3 atom stereocenters. The van der Waals surface area contributed by atoms with E-state index in [1.165, 1.54) is 65.2 Å². The summed E-state index contributed by atoms with van der Waals surface area (Å²) in [5.41, 5.74) is 7.61. The Hall–Kier alpha value is -4.00.